The maximum atomic E-state index is 11.9. The largest absolute Gasteiger partial charge is 0.497 e. The first-order valence-corrected chi connectivity index (χ1v) is 7.71. The Balaban J connectivity index is 1.62. The van der Waals surface area contributed by atoms with Crippen LogP contribution in [0.1, 0.15) is 0 Å². The van der Waals surface area contributed by atoms with E-state index < -0.39 is 10.9 Å². The highest BCUT2D eigenvalue weighted by Gasteiger charge is 2.09. The number of esters is 1. The smallest absolute Gasteiger partial charge is 0.349 e. The fourth-order valence-electron chi connectivity index (χ4n) is 2.36. The summed E-state index contributed by atoms with van der Waals surface area (Å²) in [5.41, 5.74) is -0.0495. The second-order valence-electron chi connectivity index (χ2n) is 5.39. The molecule has 0 heterocycles. The summed E-state index contributed by atoms with van der Waals surface area (Å²) in [4.78, 5) is 22.0. The number of nitrogens with zero attached hydrogens (tertiary/aromatic N) is 1. The van der Waals surface area contributed by atoms with E-state index in [0.717, 1.165) is 10.8 Å². The molecule has 26 heavy (non-hydrogen) atoms. The second kappa shape index (κ2) is 7.52. The minimum atomic E-state index is -0.578. The van der Waals surface area contributed by atoms with E-state index in [0.29, 0.717) is 17.2 Å². The van der Waals surface area contributed by atoms with E-state index >= 15 is 0 Å². The molecule has 7 heteroatoms. The van der Waals surface area contributed by atoms with Crippen LogP contribution in [0.15, 0.2) is 60.7 Å². The molecule has 0 bridgehead atoms. The van der Waals surface area contributed by atoms with Crippen LogP contribution in [0.3, 0.4) is 0 Å². The van der Waals surface area contributed by atoms with Crippen LogP contribution in [-0.4, -0.2) is 24.6 Å². The molecule has 0 unspecified atom stereocenters. The molecule has 0 aromatic heterocycles. The average Bonchev–Trinajstić information content (AvgIpc) is 2.66. The molecule has 132 valence electrons. The highest BCUT2D eigenvalue weighted by molar-refractivity contribution is 5.86. The van der Waals surface area contributed by atoms with Gasteiger partial charge in [-0.05, 0) is 47.2 Å². The molecule has 3 aromatic rings. The molecule has 3 rings (SSSR count). The molecule has 3 aromatic carbocycles. The zero-order valence-electron chi connectivity index (χ0n) is 13.9. The molecule has 0 aliphatic heterocycles. The SMILES string of the molecule is COc1ccc2ccc(OC(=O)COc3ccc([N+](=O)[O-])cc3)cc2c1. The number of fused-ring (bicyclic) bond motifs is 1. The van der Waals surface area contributed by atoms with Crippen LogP contribution in [-0.2, 0) is 4.79 Å². The Bertz CT molecular complexity index is 952. The Labute approximate surface area is 148 Å². The van der Waals surface area contributed by atoms with Crippen molar-refractivity contribution in [2.24, 2.45) is 0 Å². The maximum absolute atomic E-state index is 11.9. The Morgan fingerprint density at radius 2 is 1.54 bits per heavy atom. The van der Waals surface area contributed by atoms with Gasteiger partial charge in [0.15, 0.2) is 6.61 Å². The minimum Gasteiger partial charge on any atom is -0.497 e. The first-order chi connectivity index (χ1) is 12.5. The molecule has 0 fully saturated rings. The monoisotopic (exact) mass is 353 g/mol. The third-order valence-corrected chi connectivity index (χ3v) is 3.65. The van der Waals surface area contributed by atoms with Crippen LogP contribution in [0, 0.1) is 10.1 Å². The Hall–Kier alpha value is -3.61. The number of rotatable bonds is 6. The standard InChI is InChI=1S/C19H15NO6/c1-24-17-6-2-13-3-7-18(11-14(13)10-17)26-19(21)12-25-16-8-4-15(5-9-16)20(22)23/h2-11H,12H2,1H3. The van der Waals surface area contributed by atoms with Gasteiger partial charge in [0, 0.05) is 12.1 Å². The predicted molar refractivity (Wildman–Crippen MR) is 94.7 cm³/mol. The van der Waals surface area contributed by atoms with Gasteiger partial charge in [-0.25, -0.2) is 4.79 Å². The summed E-state index contributed by atoms with van der Waals surface area (Å²) in [6.07, 6.45) is 0. The Morgan fingerprint density at radius 3 is 2.19 bits per heavy atom. The number of hydrogen-bond acceptors (Lipinski definition) is 6. The summed E-state index contributed by atoms with van der Waals surface area (Å²) in [5, 5.41) is 12.5. The van der Waals surface area contributed by atoms with Crippen molar-refractivity contribution >= 4 is 22.4 Å². The van der Waals surface area contributed by atoms with Crippen molar-refractivity contribution in [1.29, 1.82) is 0 Å². The topological polar surface area (TPSA) is 87.9 Å². The molecular formula is C19H15NO6. The normalized spacial score (nSPS) is 10.3. The molecule has 0 amide bonds. The zero-order valence-corrected chi connectivity index (χ0v) is 13.9. The van der Waals surface area contributed by atoms with E-state index in [1.54, 1.807) is 19.2 Å². The number of methoxy groups -OCH3 is 1. The van der Waals surface area contributed by atoms with Crippen molar-refractivity contribution in [2.75, 3.05) is 13.7 Å². The number of carbonyl (C=O) groups is 1. The molecule has 0 spiro atoms. The number of nitro benzene ring substituents is 1. The van der Waals surface area contributed by atoms with Gasteiger partial charge in [0.25, 0.3) is 5.69 Å². The van der Waals surface area contributed by atoms with Gasteiger partial charge in [0.2, 0.25) is 0 Å². The maximum Gasteiger partial charge on any atom is 0.349 e. The fourth-order valence-corrected chi connectivity index (χ4v) is 2.36. The molecular weight excluding hydrogens is 338 g/mol. The van der Waals surface area contributed by atoms with Crippen molar-refractivity contribution in [2.45, 2.75) is 0 Å². The number of benzene rings is 3. The van der Waals surface area contributed by atoms with Crippen molar-refractivity contribution < 1.29 is 23.9 Å². The first kappa shape index (κ1) is 17.2. The van der Waals surface area contributed by atoms with E-state index in [-0.39, 0.29) is 12.3 Å². The number of ether oxygens (including phenoxy) is 3. The number of non-ortho nitro benzene ring substituents is 1. The molecule has 0 N–H and O–H groups in total. The molecule has 0 radical (unpaired) electrons. The van der Waals surface area contributed by atoms with Gasteiger partial charge in [-0.15, -0.1) is 0 Å². The van der Waals surface area contributed by atoms with Gasteiger partial charge in [0.1, 0.15) is 17.2 Å². The summed E-state index contributed by atoms with van der Waals surface area (Å²) in [7, 11) is 1.58. The highest BCUT2D eigenvalue weighted by Crippen LogP contribution is 2.25. The van der Waals surface area contributed by atoms with Crippen LogP contribution in [0.25, 0.3) is 10.8 Å². The summed E-state index contributed by atoms with van der Waals surface area (Å²) in [6.45, 7) is -0.312. The van der Waals surface area contributed by atoms with Crippen LogP contribution in [0.5, 0.6) is 17.2 Å². The molecule has 0 aliphatic rings. The van der Waals surface area contributed by atoms with Crippen molar-refractivity contribution in [3.63, 3.8) is 0 Å². The number of carbonyl (C=O) groups excluding carboxylic acids is 1. The molecule has 0 atom stereocenters. The van der Waals surface area contributed by atoms with Gasteiger partial charge >= 0.3 is 5.97 Å². The molecule has 0 aliphatic carbocycles. The number of nitro groups is 1. The lowest BCUT2D eigenvalue weighted by atomic mass is 10.1. The molecule has 0 saturated heterocycles. The Kier molecular flexibility index (Phi) is 4.98. The summed E-state index contributed by atoms with van der Waals surface area (Å²) >= 11 is 0. The van der Waals surface area contributed by atoms with E-state index in [9.17, 15) is 14.9 Å². The van der Waals surface area contributed by atoms with Crippen molar-refractivity contribution in [3.05, 3.63) is 70.8 Å². The van der Waals surface area contributed by atoms with Gasteiger partial charge in [-0.3, -0.25) is 10.1 Å². The molecule has 0 saturated carbocycles. The predicted octanol–water partition coefficient (Wildman–Crippen LogP) is 3.74. The minimum absolute atomic E-state index is 0.0495. The fraction of sp³-hybridized carbons (Fsp3) is 0.105. The van der Waals surface area contributed by atoms with E-state index in [1.165, 1.54) is 24.3 Å². The van der Waals surface area contributed by atoms with Crippen LogP contribution in [0.2, 0.25) is 0 Å². The van der Waals surface area contributed by atoms with Crippen molar-refractivity contribution in [3.8, 4) is 17.2 Å². The van der Waals surface area contributed by atoms with Gasteiger partial charge < -0.3 is 14.2 Å². The zero-order chi connectivity index (χ0) is 18.5. The molecule has 7 nitrogen and oxygen atoms in total. The summed E-state index contributed by atoms with van der Waals surface area (Å²) in [6, 6.07) is 16.3. The van der Waals surface area contributed by atoms with E-state index in [1.807, 2.05) is 24.3 Å². The Morgan fingerprint density at radius 1 is 0.923 bits per heavy atom. The third-order valence-electron chi connectivity index (χ3n) is 3.65. The van der Waals surface area contributed by atoms with E-state index in [2.05, 4.69) is 0 Å². The quantitative estimate of drug-likeness (QED) is 0.290. The third kappa shape index (κ3) is 4.07. The van der Waals surface area contributed by atoms with Crippen LogP contribution < -0.4 is 14.2 Å². The van der Waals surface area contributed by atoms with Gasteiger partial charge in [-0.1, -0.05) is 12.1 Å². The first-order valence-electron chi connectivity index (χ1n) is 7.71. The lowest BCUT2D eigenvalue weighted by molar-refractivity contribution is -0.384. The number of hydrogen-bond donors (Lipinski definition) is 0. The van der Waals surface area contributed by atoms with Crippen LogP contribution in [0.4, 0.5) is 5.69 Å². The van der Waals surface area contributed by atoms with Gasteiger partial charge in [0.05, 0.1) is 12.0 Å². The van der Waals surface area contributed by atoms with Crippen molar-refractivity contribution in [1.82, 2.24) is 0 Å². The van der Waals surface area contributed by atoms with Crippen LogP contribution >= 0.6 is 0 Å². The van der Waals surface area contributed by atoms with E-state index in [4.69, 9.17) is 14.2 Å². The average molecular weight is 353 g/mol. The summed E-state index contributed by atoms with van der Waals surface area (Å²) < 4.78 is 15.7. The highest BCUT2D eigenvalue weighted by atomic mass is 16.6. The summed E-state index contributed by atoms with van der Waals surface area (Å²) in [5.74, 6) is 0.868. The second-order valence-corrected chi connectivity index (χ2v) is 5.39. The van der Waals surface area contributed by atoms with Gasteiger partial charge in [-0.2, -0.15) is 0 Å². The lowest BCUT2D eigenvalue weighted by Crippen LogP contribution is -2.17. The lowest BCUT2D eigenvalue weighted by Gasteiger charge is -2.08.